The van der Waals surface area contributed by atoms with E-state index in [0.29, 0.717) is 23.7 Å². The van der Waals surface area contributed by atoms with Gasteiger partial charge in [-0.05, 0) is 48.4 Å². The minimum absolute atomic E-state index is 0.130. The fraction of sp³-hybridized carbons (Fsp3) is 0.250. The summed E-state index contributed by atoms with van der Waals surface area (Å²) >= 11 is 0. The standard InChI is InChI=1S/C16H17FO3/c1-11-7-14(17)4-3-12(11)10-20-16-6-5-15(19-2)8-13(16)9-18/h3-8,18H,9-10H2,1-2H3. The van der Waals surface area contributed by atoms with Crippen LogP contribution in [0.5, 0.6) is 11.5 Å². The Morgan fingerprint density at radius 1 is 1.10 bits per heavy atom. The molecule has 0 aliphatic carbocycles. The van der Waals surface area contributed by atoms with Crippen LogP contribution in [0.2, 0.25) is 0 Å². The second-order valence-electron chi connectivity index (χ2n) is 4.49. The molecule has 4 heteroatoms. The first-order valence-corrected chi connectivity index (χ1v) is 6.29. The Balaban J connectivity index is 2.14. The topological polar surface area (TPSA) is 38.7 Å². The molecule has 0 unspecified atom stereocenters. The van der Waals surface area contributed by atoms with Crippen molar-refractivity contribution in [3.63, 3.8) is 0 Å². The van der Waals surface area contributed by atoms with Gasteiger partial charge in [0.05, 0.1) is 13.7 Å². The number of aliphatic hydroxyl groups is 1. The lowest BCUT2D eigenvalue weighted by Crippen LogP contribution is -2.01. The average Bonchev–Trinajstić information content (AvgIpc) is 2.46. The molecule has 2 aromatic carbocycles. The van der Waals surface area contributed by atoms with Gasteiger partial charge in [0.2, 0.25) is 0 Å². The lowest BCUT2D eigenvalue weighted by Gasteiger charge is -2.13. The Hall–Kier alpha value is -2.07. The van der Waals surface area contributed by atoms with Crippen LogP contribution in [0, 0.1) is 12.7 Å². The fourth-order valence-electron chi connectivity index (χ4n) is 1.92. The van der Waals surface area contributed by atoms with Crippen molar-refractivity contribution in [3.05, 3.63) is 58.9 Å². The molecule has 0 aromatic heterocycles. The Morgan fingerprint density at radius 2 is 1.90 bits per heavy atom. The van der Waals surface area contributed by atoms with E-state index in [0.717, 1.165) is 11.1 Å². The van der Waals surface area contributed by atoms with Crippen molar-refractivity contribution in [1.82, 2.24) is 0 Å². The highest BCUT2D eigenvalue weighted by Gasteiger charge is 2.07. The fourth-order valence-corrected chi connectivity index (χ4v) is 1.92. The first kappa shape index (κ1) is 14.3. The third-order valence-electron chi connectivity index (χ3n) is 3.13. The summed E-state index contributed by atoms with van der Waals surface area (Å²) in [6, 6.07) is 9.83. The van der Waals surface area contributed by atoms with Crippen molar-refractivity contribution < 1.29 is 19.0 Å². The number of halogens is 1. The number of rotatable bonds is 5. The van der Waals surface area contributed by atoms with E-state index in [1.165, 1.54) is 12.1 Å². The predicted octanol–water partition coefficient (Wildman–Crippen LogP) is 3.21. The van der Waals surface area contributed by atoms with Gasteiger partial charge in [0, 0.05) is 5.56 Å². The van der Waals surface area contributed by atoms with Gasteiger partial charge in [-0.15, -0.1) is 0 Å². The van der Waals surface area contributed by atoms with Crippen molar-refractivity contribution in [1.29, 1.82) is 0 Å². The summed E-state index contributed by atoms with van der Waals surface area (Å²) < 4.78 is 23.8. The maximum Gasteiger partial charge on any atom is 0.125 e. The third-order valence-corrected chi connectivity index (χ3v) is 3.13. The molecule has 0 amide bonds. The number of hydrogen-bond acceptors (Lipinski definition) is 3. The van der Waals surface area contributed by atoms with Crippen molar-refractivity contribution in [3.8, 4) is 11.5 Å². The third kappa shape index (κ3) is 3.27. The van der Waals surface area contributed by atoms with Crippen LogP contribution >= 0.6 is 0 Å². The number of ether oxygens (including phenoxy) is 2. The quantitative estimate of drug-likeness (QED) is 0.911. The van der Waals surface area contributed by atoms with Crippen molar-refractivity contribution in [2.75, 3.05) is 7.11 Å². The van der Waals surface area contributed by atoms with E-state index >= 15 is 0 Å². The number of methoxy groups -OCH3 is 1. The highest BCUT2D eigenvalue weighted by atomic mass is 19.1. The second-order valence-corrected chi connectivity index (χ2v) is 4.49. The Labute approximate surface area is 117 Å². The van der Waals surface area contributed by atoms with Crippen LogP contribution < -0.4 is 9.47 Å². The molecule has 0 aliphatic heterocycles. The van der Waals surface area contributed by atoms with Crippen LogP contribution in [-0.4, -0.2) is 12.2 Å². The first-order valence-electron chi connectivity index (χ1n) is 6.29. The zero-order valence-corrected chi connectivity index (χ0v) is 11.5. The van der Waals surface area contributed by atoms with Gasteiger partial charge in [-0.25, -0.2) is 4.39 Å². The second kappa shape index (κ2) is 6.39. The van der Waals surface area contributed by atoms with Crippen LogP contribution in [0.1, 0.15) is 16.7 Å². The van der Waals surface area contributed by atoms with Gasteiger partial charge >= 0.3 is 0 Å². The summed E-state index contributed by atoms with van der Waals surface area (Å²) in [7, 11) is 1.57. The van der Waals surface area contributed by atoms with Crippen LogP contribution in [0.3, 0.4) is 0 Å². The normalized spacial score (nSPS) is 10.4. The molecule has 0 atom stereocenters. The molecule has 0 saturated carbocycles. The maximum atomic E-state index is 13.0. The summed E-state index contributed by atoms with van der Waals surface area (Å²) in [5, 5.41) is 9.34. The summed E-state index contributed by atoms with van der Waals surface area (Å²) in [4.78, 5) is 0. The Morgan fingerprint density at radius 3 is 2.55 bits per heavy atom. The van der Waals surface area contributed by atoms with Gasteiger partial charge in [-0.3, -0.25) is 0 Å². The van der Waals surface area contributed by atoms with E-state index < -0.39 is 0 Å². The molecular weight excluding hydrogens is 259 g/mol. The number of aliphatic hydroxyl groups excluding tert-OH is 1. The van der Waals surface area contributed by atoms with E-state index in [1.54, 1.807) is 31.4 Å². The molecular formula is C16H17FO3. The predicted molar refractivity (Wildman–Crippen MR) is 74.4 cm³/mol. The number of hydrogen-bond donors (Lipinski definition) is 1. The molecule has 0 spiro atoms. The van der Waals surface area contributed by atoms with E-state index in [1.807, 2.05) is 6.92 Å². The van der Waals surface area contributed by atoms with E-state index in [2.05, 4.69) is 0 Å². The molecule has 0 radical (unpaired) electrons. The average molecular weight is 276 g/mol. The van der Waals surface area contributed by atoms with Gasteiger partial charge < -0.3 is 14.6 Å². The lowest BCUT2D eigenvalue weighted by atomic mass is 10.1. The zero-order chi connectivity index (χ0) is 14.5. The Kier molecular flexibility index (Phi) is 4.58. The molecule has 20 heavy (non-hydrogen) atoms. The SMILES string of the molecule is COc1ccc(OCc2ccc(F)cc2C)c(CO)c1. The van der Waals surface area contributed by atoms with Gasteiger partial charge in [-0.2, -0.15) is 0 Å². The zero-order valence-electron chi connectivity index (χ0n) is 11.5. The van der Waals surface area contributed by atoms with E-state index in [-0.39, 0.29) is 12.4 Å². The van der Waals surface area contributed by atoms with Gasteiger partial charge in [0.1, 0.15) is 23.9 Å². The van der Waals surface area contributed by atoms with Crippen LogP contribution in [-0.2, 0) is 13.2 Å². The lowest BCUT2D eigenvalue weighted by molar-refractivity contribution is 0.257. The molecule has 2 aromatic rings. The summed E-state index contributed by atoms with van der Waals surface area (Å²) in [6.07, 6.45) is 0. The van der Waals surface area contributed by atoms with Crippen LogP contribution in [0.15, 0.2) is 36.4 Å². The number of benzene rings is 2. The molecule has 0 saturated heterocycles. The van der Waals surface area contributed by atoms with Gasteiger partial charge in [0.25, 0.3) is 0 Å². The smallest absolute Gasteiger partial charge is 0.125 e. The molecule has 2 rings (SSSR count). The largest absolute Gasteiger partial charge is 0.497 e. The molecule has 106 valence electrons. The monoisotopic (exact) mass is 276 g/mol. The molecule has 0 bridgehead atoms. The van der Waals surface area contributed by atoms with E-state index in [9.17, 15) is 9.50 Å². The van der Waals surface area contributed by atoms with Crippen molar-refractivity contribution in [2.24, 2.45) is 0 Å². The molecule has 3 nitrogen and oxygen atoms in total. The number of aryl methyl sites for hydroxylation is 1. The first-order chi connectivity index (χ1) is 9.63. The maximum absolute atomic E-state index is 13.0. The highest BCUT2D eigenvalue weighted by Crippen LogP contribution is 2.25. The summed E-state index contributed by atoms with van der Waals surface area (Å²) in [5.41, 5.74) is 2.40. The molecule has 1 N–H and O–H groups in total. The molecule has 0 heterocycles. The summed E-state index contributed by atoms with van der Waals surface area (Å²) in [5.74, 6) is 1.00. The molecule has 0 aliphatic rings. The minimum atomic E-state index is -0.258. The van der Waals surface area contributed by atoms with Gasteiger partial charge in [0.15, 0.2) is 0 Å². The Bertz CT molecular complexity index is 596. The highest BCUT2D eigenvalue weighted by molar-refractivity contribution is 5.40. The van der Waals surface area contributed by atoms with E-state index in [4.69, 9.17) is 9.47 Å². The molecule has 0 fully saturated rings. The minimum Gasteiger partial charge on any atom is -0.497 e. The van der Waals surface area contributed by atoms with Crippen LogP contribution in [0.25, 0.3) is 0 Å². The van der Waals surface area contributed by atoms with Crippen LogP contribution in [0.4, 0.5) is 4.39 Å². The summed E-state index contributed by atoms with van der Waals surface area (Å²) in [6.45, 7) is 2.03. The van der Waals surface area contributed by atoms with Gasteiger partial charge in [-0.1, -0.05) is 6.07 Å². The van der Waals surface area contributed by atoms with Crippen molar-refractivity contribution >= 4 is 0 Å². The van der Waals surface area contributed by atoms with Crippen molar-refractivity contribution in [2.45, 2.75) is 20.1 Å².